The number of alkyl halides is 3. The van der Waals surface area contributed by atoms with Crippen LogP contribution in [0.25, 0.3) is 0 Å². The Labute approximate surface area is 108 Å². The van der Waals surface area contributed by atoms with E-state index in [2.05, 4.69) is 20.6 Å². The van der Waals surface area contributed by atoms with Crippen molar-refractivity contribution in [2.75, 3.05) is 18.4 Å². The van der Waals surface area contributed by atoms with Gasteiger partial charge in [0.15, 0.2) is 0 Å². The Kier molecular flexibility index (Phi) is 4.20. The molecule has 8 heteroatoms. The molecule has 0 unspecified atom stereocenters. The zero-order valence-electron chi connectivity index (χ0n) is 10.2. The van der Waals surface area contributed by atoms with Gasteiger partial charge in [0, 0.05) is 12.1 Å². The summed E-state index contributed by atoms with van der Waals surface area (Å²) < 4.78 is 37.9. The minimum absolute atomic E-state index is 0.0428. The van der Waals surface area contributed by atoms with Gasteiger partial charge in [-0.05, 0) is 25.9 Å². The normalized spacial score (nSPS) is 17.5. The third-order valence-electron chi connectivity index (χ3n) is 2.89. The van der Waals surface area contributed by atoms with Crippen molar-refractivity contribution in [2.24, 2.45) is 0 Å². The van der Waals surface area contributed by atoms with Crippen LogP contribution in [-0.2, 0) is 12.8 Å². The molecule has 1 aromatic heterocycles. The van der Waals surface area contributed by atoms with E-state index in [1.807, 2.05) is 0 Å². The molecule has 1 aliphatic heterocycles. The largest absolute Gasteiger partial charge is 0.451 e. The number of nitrogens with one attached hydrogen (secondary N) is 2. The Morgan fingerprint density at radius 3 is 2.58 bits per heavy atom. The molecule has 0 aliphatic carbocycles. The van der Waals surface area contributed by atoms with Crippen LogP contribution in [0.2, 0.25) is 0 Å². The molecule has 0 saturated carbocycles. The molecule has 0 radical (unpaired) electrons. The van der Waals surface area contributed by atoms with E-state index in [4.69, 9.17) is 5.11 Å². The zero-order chi connectivity index (χ0) is 13.9. The van der Waals surface area contributed by atoms with E-state index in [-0.39, 0.29) is 17.6 Å². The number of halogens is 3. The quantitative estimate of drug-likeness (QED) is 0.772. The topological polar surface area (TPSA) is 70.1 Å². The number of aromatic nitrogens is 2. The average molecular weight is 276 g/mol. The average Bonchev–Trinajstić information content (AvgIpc) is 2.38. The van der Waals surface area contributed by atoms with Gasteiger partial charge in [-0.15, -0.1) is 0 Å². The van der Waals surface area contributed by atoms with Crippen LogP contribution in [0.15, 0.2) is 6.07 Å². The Morgan fingerprint density at radius 2 is 2.00 bits per heavy atom. The molecular formula is C11H15F3N4O. The first-order chi connectivity index (χ1) is 8.99. The summed E-state index contributed by atoms with van der Waals surface area (Å²) in [5, 5.41) is 15.1. The number of anilines is 1. The molecule has 1 aromatic rings. The standard InChI is InChI=1S/C11H15F3N4O/c12-11(13,14)10-17-8(6-19)5-9(18-10)16-7-1-3-15-4-2-7/h5,7,15,19H,1-4,6H2,(H,16,17,18). The van der Waals surface area contributed by atoms with E-state index in [0.29, 0.717) is 0 Å². The predicted octanol–water partition coefficient (Wildman–Crippen LogP) is 1.15. The van der Waals surface area contributed by atoms with Gasteiger partial charge in [-0.25, -0.2) is 9.97 Å². The second kappa shape index (κ2) is 5.70. The SMILES string of the molecule is OCc1cc(NC2CCNCC2)nc(C(F)(F)F)n1. The van der Waals surface area contributed by atoms with Crippen molar-refractivity contribution in [3.63, 3.8) is 0 Å². The Hall–Kier alpha value is -1.41. The molecular weight excluding hydrogens is 261 g/mol. The Morgan fingerprint density at radius 1 is 1.32 bits per heavy atom. The first-order valence-corrected chi connectivity index (χ1v) is 6.02. The lowest BCUT2D eigenvalue weighted by molar-refractivity contribution is -0.145. The molecule has 2 rings (SSSR count). The lowest BCUT2D eigenvalue weighted by Crippen LogP contribution is -2.35. The van der Waals surface area contributed by atoms with Crippen molar-refractivity contribution in [1.29, 1.82) is 0 Å². The van der Waals surface area contributed by atoms with Crippen LogP contribution >= 0.6 is 0 Å². The maximum Gasteiger partial charge on any atom is 0.451 e. The fourth-order valence-corrected chi connectivity index (χ4v) is 1.95. The highest BCUT2D eigenvalue weighted by atomic mass is 19.4. The smallest absolute Gasteiger partial charge is 0.390 e. The summed E-state index contributed by atoms with van der Waals surface area (Å²) in [5.74, 6) is -1.12. The number of hydrogen-bond donors (Lipinski definition) is 3. The van der Waals surface area contributed by atoms with Gasteiger partial charge >= 0.3 is 6.18 Å². The first kappa shape index (κ1) is 14.0. The first-order valence-electron chi connectivity index (χ1n) is 6.02. The number of rotatable bonds is 3. The molecule has 1 saturated heterocycles. The number of hydrogen-bond acceptors (Lipinski definition) is 5. The van der Waals surface area contributed by atoms with Crippen molar-refractivity contribution in [3.05, 3.63) is 17.6 Å². The molecule has 1 fully saturated rings. The van der Waals surface area contributed by atoms with E-state index in [0.717, 1.165) is 25.9 Å². The van der Waals surface area contributed by atoms with Crippen molar-refractivity contribution >= 4 is 5.82 Å². The summed E-state index contributed by atoms with van der Waals surface area (Å²) >= 11 is 0. The summed E-state index contributed by atoms with van der Waals surface area (Å²) in [5.41, 5.74) is -0.0428. The van der Waals surface area contributed by atoms with Crippen LogP contribution in [0.3, 0.4) is 0 Å². The van der Waals surface area contributed by atoms with Gasteiger partial charge in [-0.2, -0.15) is 13.2 Å². The third kappa shape index (κ3) is 3.77. The molecule has 0 bridgehead atoms. The van der Waals surface area contributed by atoms with Gasteiger partial charge in [-0.3, -0.25) is 0 Å². The summed E-state index contributed by atoms with van der Waals surface area (Å²) in [7, 11) is 0. The maximum absolute atomic E-state index is 12.6. The van der Waals surface area contributed by atoms with Crippen LogP contribution in [-0.4, -0.2) is 34.2 Å². The number of nitrogens with zero attached hydrogens (tertiary/aromatic N) is 2. The minimum Gasteiger partial charge on any atom is -0.390 e. The van der Waals surface area contributed by atoms with E-state index >= 15 is 0 Å². The highest BCUT2D eigenvalue weighted by Crippen LogP contribution is 2.27. The number of aliphatic hydroxyl groups is 1. The van der Waals surface area contributed by atoms with Crippen molar-refractivity contribution in [2.45, 2.75) is 31.7 Å². The van der Waals surface area contributed by atoms with E-state index in [1.165, 1.54) is 6.07 Å². The second-order valence-electron chi connectivity index (χ2n) is 4.39. The fourth-order valence-electron chi connectivity index (χ4n) is 1.95. The number of aliphatic hydroxyl groups excluding tert-OH is 1. The van der Waals surface area contributed by atoms with Gasteiger partial charge in [0.1, 0.15) is 5.82 Å². The third-order valence-corrected chi connectivity index (χ3v) is 2.89. The highest BCUT2D eigenvalue weighted by Gasteiger charge is 2.35. The van der Waals surface area contributed by atoms with Crippen LogP contribution in [0.1, 0.15) is 24.4 Å². The van der Waals surface area contributed by atoms with Gasteiger partial charge in [0.25, 0.3) is 0 Å². The summed E-state index contributed by atoms with van der Waals surface area (Å²) in [6, 6.07) is 1.43. The Balaban J connectivity index is 2.19. The van der Waals surface area contributed by atoms with Crippen molar-refractivity contribution in [1.82, 2.24) is 15.3 Å². The van der Waals surface area contributed by atoms with Gasteiger partial charge in [0.2, 0.25) is 5.82 Å². The number of piperidine rings is 1. The molecule has 3 N–H and O–H groups in total. The Bertz CT molecular complexity index is 432. The lowest BCUT2D eigenvalue weighted by atomic mass is 10.1. The van der Waals surface area contributed by atoms with E-state index < -0.39 is 18.6 Å². The summed E-state index contributed by atoms with van der Waals surface area (Å²) in [4.78, 5) is 6.75. The van der Waals surface area contributed by atoms with Crippen molar-refractivity contribution in [3.8, 4) is 0 Å². The fraction of sp³-hybridized carbons (Fsp3) is 0.636. The molecule has 0 aromatic carbocycles. The van der Waals surface area contributed by atoms with Crippen LogP contribution < -0.4 is 10.6 Å². The van der Waals surface area contributed by atoms with Crippen LogP contribution in [0.4, 0.5) is 19.0 Å². The van der Waals surface area contributed by atoms with Gasteiger partial charge in [-0.1, -0.05) is 0 Å². The van der Waals surface area contributed by atoms with Crippen LogP contribution in [0.5, 0.6) is 0 Å². The zero-order valence-corrected chi connectivity index (χ0v) is 10.2. The molecule has 2 heterocycles. The molecule has 5 nitrogen and oxygen atoms in total. The van der Waals surface area contributed by atoms with Gasteiger partial charge in [0.05, 0.1) is 12.3 Å². The monoisotopic (exact) mass is 276 g/mol. The van der Waals surface area contributed by atoms with E-state index in [1.54, 1.807) is 0 Å². The van der Waals surface area contributed by atoms with Gasteiger partial charge < -0.3 is 15.7 Å². The highest BCUT2D eigenvalue weighted by molar-refractivity contribution is 5.37. The maximum atomic E-state index is 12.6. The molecule has 19 heavy (non-hydrogen) atoms. The van der Waals surface area contributed by atoms with Crippen LogP contribution in [0, 0.1) is 0 Å². The predicted molar refractivity (Wildman–Crippen MR) is 62.5 cm³/mol. The molecule has 0 spiro atoms. The molecule has 1 aliphatic rings. The molecule has 106 valence electrons. The lowest BCUT2D eigenvalue weighted by Gasteiger charge is -2.24. The minimum atomic E-state index is -4.62. The summed E-state index contributed by atoms with van der Waals surface area (Å²) in [6.45, 7) is 1.09. The van der Waals surface area contributed by atoms with Crippen molar-refractivity contribution < 1.29 is 18.3 Å². The molecule has 0 amide bonds. The molecule has 0 atom stereocenters. The second-order valence-corrected chi connectivity index (χ2v) is 4.39. The summed E-state index contributed by atoms with van der Waals surface area (Å²) in [6.07, 6.45) is -2.98. The van der Waals surface area contributed by atoms with E-state index in [9.17, 15) is 13.2 Å².